The topological polar surface area (TPSA) is 88.5 Å². The maximum Gasteiger partial charge on any atom is 0.416 e. The Morgan fingerprint density at radius 3 is 2.39 bits per heavy atom. The van der Waals surface area contributed by atoms with E-state index < -0.39 is 30.2 Å². The normalized spacial score (nSPS) is 11.8. The van der Waals surface area contributed by atoms with Gasteiger partial charge >= 0.3 is 12.2 Å². The molecule has 0 bridgehead atoms. The molecule has 2 aromatic carbocycles. The molecule has 3 amide bonds. The van der Waals surface area contributed by atoms with Gasteiger partial charge in [0.05, 0.1) is 28.6 Å². The van der Waals surface area contributed by atoms with Crippen LogP contribution in [0.2, 0.25) is 5.02 Å². The molecule has 3 aromatic rings. The number of carbonyl (C=O) groups is 2. The van der Waals surface area contributed by atoms with Crippen LogP contribution in [0, 0.1) is 0 Å². The number of methoxy groups -OCH3 is 1. The van der Waals surface area contributed by atoms with Gasteiger partial charge in [0.1, 0.15) is 12.4 Å². The van der Waals surface area contributed by atoms with Gasteiger partial charge in [0.15, 0.2) is 0 Å². The van der Waals surface area contributed by atoms with Crippen molar-refractivity contribution in [2.75, 3.05) is 37.4 Å². The van der Waals surface area contributed by atoms with E-state index in [9.17, 15) is 22.8 Å². The lowest BCUT2D eigenvalue weighted by Gasteiger charge is -2.22. The fraction of sp³-hybridized carbons (Fsp3) is 0.346. The number of carbonyl (C=O) groups excluding carboxylic acids is 2. The molecule has 2 N–H and O–H groups in total. The summed E-state index contributed by atoms with van der Waals surface area (Å²) < 4.78 is 45.7. The summed E-state index contributed by atoms with van der Waals surface area (Å²) in [6, 6.07) is 12.2. The Balaban J connectivity index is 1.82. The molecule has 0 atom stereocenters. The van der Waals surface area contributed by atoms with Crippen molar-refractivity contribution in [1.82, 2.24) is 14.7 Å². The first-order valence-corrected chi connectivity index (χ1v) is 12.0. The molecule has 0 aliphatic rings. The average molecular weight is 552 g/mol. The summed E-state index contributed by atoms with van der Waals surface area (Å²) in [6.07, 6.45) is -4.56. The van der Waals surface area contributed by atoms with Crippen LogP contribution in [0.15, 0.2) is 54.6 Å². The lowest BCUT2D eigenvalue weighted by molar-refractivity contribution is -0.137. The second-order valence-electron chi connectivity index (χ2n) is 9.50. The van der Waals surface area contributed by atoms with Crippen molar-refractivity contribution in [3.63, 3.8) is 0 Å². The Hall–Kier alpha value is -3.57. The summed E-state index contributed by atoms with van der Waals surface area (Å²) in [4.78, 5) is 27.1. The zero-order valence-corrected chi connectivity index (χ0v) is 22.2. The molecule has 8 nitrogen and oxygen atoms in total. The summed E-state index contributed by atoms with van der Waals surface area (Å²) >= 11 is 6.37. The summed E-state index contributed by atoms with van der Waals surface area (Å²) in [5, 5.41) is 10.2. The van der Waals surface area contributed by atoms with E-state index in [0.29, 0.717) is 22.2 Å². The van der Waals surface area contributed by atoms with Crippen molar-refractivity contribution in [2.24, 2.45) is 0 Å². The Morgan fingerprint density at radius 1 is 1.05 bits per heavy atom. The van der Waals surface area contributed by atoms with Gasteiger partial charge in [0.25, 0.3) is 0 Å². The molecule has 0 aliphatic carbocycles. The minimum absolute atomic E-state index is 0.0196. The van der Waals surface area contributed by atoms with Crippen molar-refractivity contribution in [3.8, 4) is 5.69 Å². The first-order chi connectivity index (χ1) is 17.8. The van der Waals surface area contributed by atoms with Gasteiger partial charge < -0.3 is 20.3 Å². The number of nitrogens with one attached hydrogen (secondary N) is 2. The molecule has 0 saturated carbocycles. The predicted molar refractivity (Wildman–Crippen MR) is 140 cm³/mol. The molecule has 1 heterocycles. The molecular weight excluding hydrogens is 523 g/mol. The molecule has 12 heteroatoms. The molecule has 204 valence electrons. The first-order valence-electron chi connectivity index (χ1n) is 11.7. The largest absolute Gasteiger partial charge is 0.416 e. The smallest absolute Gasteiger partial charge is 0.383 e. The van der Waals surface area contributed by atoms with E-state index in [1.807, 2.05) is 20.8 Å². The van der Waals surface area contributed by atoms with Crippen LogP contribution in [0.3, 0.4) is 0 Å². The monoisotopic (exact) mass is 551 g/mol. The maximum atomic E-state index is 13.1. The zero-order valence-electron chi connectivity index (χ0n) is 21.4. The Bertz CT molecular complexity index is 1290. The van der Waals surface area contributed by atoms with Crippen molar-refractivity contribution < 1.29 is 27.5 Å². The molecule has 0 saturated heterocycles. The van der Waals surface area contributed by atoms with Gasteiger partial charge in [-0.2, -0.15) is 18.3 Å². The second kappa shape index (κ2) is 11.9. The van der Waals surface area contributed by atoms with E-state index in [2.05, 4.69) is 15.7 Å². The molecule has 0 spiro atoms. The number of rotatable bonds is 8. The molecular formula is C26H29ClF3N5O3. The third-order valence-electron chi connectivity index (χ3n) is 5.45. The van der Waals surface area contributed by atoms with Crippen molar-refractivity contribution >= 4 is 35.0 Å². The number of amides is 3. The molecule has 0 fully saturated rings. The summed E-state index contributed by atoms with van der Waals surface area (Å²) in [6.45, 7) is 5.65. The Labute approximate surface area is 223 Å². The van der Waals surface area contributed by atoms with Gasteiger partial charge in [-0.3, -0.25) is 4.79 Å². The molecule has 0 aliphatic heterocycles. The minimum atomic E-state index is -4.56. The van der Waals surface area contributed by atoms with Crippen LogP contribution in [0.25, 0.3) is 5.69 Å². The van der Waals surface area contributed by atoms with E-state index in [1.54, 1.807) is 30.3 Å². The summed E-state index contributed by atoms with van der Waals surface area (Å²) in [5.41, 5.74) is -0.0376. The van der Waals surface area contributed by atoms with E-state index in [-0.39, 0.29) is 24.3 Å². The Morgan fingerprint density at radius 2 is 1.76 bits per heavy atom. The summed E-state index contributed by atoms with van der Waals surface area (Å²) in [7, 11) is 1.43. The lowest BCUT2D eigenvalue weighted by Crippen LogP contribution is -2.42. The maximum absolute atomic E-state index is 13.1. The van der Waals surface area contributed by atoms with E-state index in [1.165, 1.54) is 23.9 Å². The van der Waals surface area contributed by atoms with Crippen LogP contribution in [0.1, 0.15) is 32.0 Å². The number of nitrogens with zero attached hydrogens (tertiary/aromatic N) is 3. The van der Waals surface area contributed by atoms with E-state index in [0.717, 1.165) is 17.0 Å². The highest BCUT2D eigenvalue weighted by Gasteiger charge is 2.31. The second-order valence-corrected chi connectivity index (χ2v) is 9.91. The number of alkyl halides is 3. The van der Waals surface area contributed by atoms with Crippen LogP contribution in [-0.2, 0) is 21.1 Å². The van der Waals surface area contributed by atoms with E-state index >= 15 is 0 Å². The average Bonchev–Trinajstić information content (AvgIpc) is 3.25. The quantitative estimate of drug-likeness (QED) is 0.361. The van der Waals surface area contributed by atoms with Gasteiger partial charge in [-0.1, -0.05) is 50.6 Å². The molecule has 1 aromatic heterocycles. The van der Waals surface area contributed by atoms with Gasteiger partial charge in [0, 0.05) is 30.8 Å². The van der Waals surface area contributed by atoms with Gasteiger partial charge in [-0.15, -0.1) is 0 Å². The number of anilines is 2. The van der Waals surface area contributed by atoms with Gasteiger partial charge in [0.2, 0.25) is 5.91 Å². The van der Waals surface area contributed by atoms with Gasteiger partial charge in [-0.05, 0) is 30.3 Å². The number of para-hydroxylation sites is 1. The molecule has 3 rings (SSSR count). The fourth-order valence-corrected chi connectivity index (χ4v) is 3.64. The first kappa shape index (κ1) is 29.0. The number of urea groups is 1. The number of halogens is 4. The SMILES string of the molecule is COCCN(CC(=O)Nc1cc(C(C)(C)C)nn1-c1ccccc1Cl)C(=O)Nc1cccc(C(F)(F)F)c1. The van der Waals surface area contributed by atoms with Crippen LogP contribution in [-0.4, -0.2) is 53.4 Å². The van der Waals surface area contributed by atoms with Crippen molar-refractivity contribution in [3.05, 3.63) is 70.9 Å². The molecule has 0 radical (unpaired) electrons. The number of ether oxygens (including phenoxy) is 1. The third kappa shape index (κ3) is 7.48. The van der Waals surface area contributed by atoms with Crippen LogP contribution in [0.5, 0.6) is 0 Å². The number of hydrogen-bond donors (Lipinski definition) is 2. The third-order valence-corrected chi connectivity index (χ3v) is 5.77. The van der Waals surface area contributed by atoms with Crippen LogP contribution < -0.4 is 10.6 Å². The minimum Gasteiger partial charge on any atom is -0.383 e. The fourth-order valence-electron chi connectivity index (χ4n) is 3.43. The van der Waals surface area contributed by atoms with E-state index in [4.69, 9.17) is 16.3 Å². The highest BCUT2D eigenvalue weighted by atomic mass is 35.5. The zero-order chi connectivity index (χ0) is 28.1. The van der Waals surface area contributed by atoms with Gasteiger partial charge in [-0.25, -0.2) is 9.48 Å². The highest BCUT2D eigenvalue weighted by molar-refractivity contribution is 6.32. The van der Waals surface area contributed by atoms with Crippen LogP contribution >= 0.6 is 11.6 Å². The lowest BCUT2D eigenvalue weighted by atomic mass is 9.92. The number of aromatic nitrogens is 2. The summed E-state index contributed by atoms with van der Waals surface area (Å²) in [5.74, 6) is -0.202. The predicted octanol–water partition coefficient (Wildman–Crippen LogP) is 5.96. The van der Waals surface area contributed by atoms with Crippen LogP contribution in [0.4, 0.5) is 29.5 Å². The molecule has 38 heavy (non-hydrogen) atoms. The van der Waals surface area contributed by atoms with Crippen molar-refractivity contribution in [2.45, 2.75) is 32.4 Å². The Kier molecular flexibility index (Phi) is 9.05. The molecule has 0 unspecified atom stereocenters. The van der Waals surface area contributed by atoms with Crippen molar-refractivity contribution in [1.29, 1.82) is 0 Å². The highest BCUT2D eigenvalue weighted by Crippen LogP contribution is 2.31. The number of benzene rings is 2. The number of hydrogen-bond acceptors (Lipinski definition) is 4. The standard InChI is InChI=1S/C26H29ClF3N5O3/c1-25(2,3)21-15-22(35(33-21)20-11-6-5-10-19(20)27)32-23(36)16-34(12-13-38-4)24(37)31-18-9-7-8-17(14-18)26(28,29)30/h5-11,14-15H,12-13,16H2,1-4H3,(H,31,37)(H,32,36).